The summed E-state index contributed by atoms with van der Waals surface area (Å²) in [5, 5.41) is 3.80. The van der Waals surface area contributed by atoms with Crippen molar-refractivity contribution >= 4 is 17.6 Å². The molecule has 0 saturated carbocycles. The highest BCUT2D eigenvalue weighted by Crippen LogP contribution is 2.35. The molecular weight excluding hydrogens is 292 g/mol. The molecule has 106 valence electrons. The molecule has 0 spiro atoms. The van der Waals surface area contributed by atoms with Crippen LogP contribution >= 0.6 is 11.6 Å². The topological polar surface area (TPSA) is 52.3 Å². The first-order valence-corrected chi connectivity index (χ1v) is 6.13. The Morgan fingerprint density at radius 2 is 2.15 bits per heavy atom. The van der Waals surface area contributed by atoms with Gasteiger partial charge in [-0.2, -0.15) is 0 Å². The van der Waals surface area contributed by atoms with Gasteiger partial charge in [0.2, 0.25) is 5.76 Å². The molecule has 7 heteroatoms. The molecule has 0 bridgehead atoms. The zero-order valence-corrected chi connectivity index (χ0v) is 11.2. The molecule has 2 aromatic rings. The van der Waals surface area contributed by atoms with Gasteiger partial charge >= 0.3 is 5.97 Å². The summed E-state index contributed by atoms with van der Waals surface area (Å²) in [6.45, 7) is 1.62. The van der Waals surface area contributed by atoms with Crippen LogP contribution in [0.4, 0.5) is 8.78 Å². The van der Waals surface area contributed by atoms with Gasteiger partial charge in [-0.25, -0.2) is 13.6 Å². The van der Waals surface area contributed by atoms with E-state index in [4.69, 9.17) is 16.3 Å². The van der Waals surface area contributed by atoms with Gasteiger partial charge in [0, 0.05) is 5.56 Å². The quantitative estimate of drug-likeness (QED) is 0.797. The van der Waals surface area contributed by atoms with Gasteiger partial charge in [0.15, 0.2) is 0 Å². The third-order valence-electron chi connectivity index (χ3n) is 2.53. The predicted molar refractivity (Wildman–Crippen MR) is 67.9 cm³/mol. The molecule has 0 fully saturated rings. The van der Waals surface area contributed by atoms with Crippen molar-refractivity contribution in [3.05, 3.63) is 40.6 Å². The number of alkyl halides is 2. The van der Waals surface area contributed by atoms with Crippen LogP contribution < -0.4 is 0 Å². The molecule has 1 aromatic heterocycles. The first-order valence-electron chi connectivity index (χ1n) is 5.76. The molecule has 0 aliphatic carbocycles. The normalized spacial score (nSPS) is 10.8. The molecule has 0 atom stereocenters. The molecule has 0 aliphatic rings. The van der Waals surface area contributed by atoms with E-state index in [1.165, 1.54) is 0 Å². The van der Waals surface area contributed by atoms with Crippen molar-refractivity contribution in [2.24, 2.45) is 0 Å². The number of nitrogens with zero attached hydrogens (tertiary/aromatic N) is 1. The minimum absolute atomic E-state index is 0.0503. The largest absolute Gasteiger partial charge is 0.462 e. The van der Waals surface area contributed by atoms with Gasteiger partial charge in [0.05, 0.1) is 11.6 Å². The van der Waals surface area contributed by atoms with Crippen LogP contribution in [0.3, 0.4) is 0 Å². The fraction of sp³-hybridized carbons (Fsp3) is 0.231. The third-order valence-corrected chi connectivity index (χ3v) is 2.85. The molecular formula is C13H10ClF2NO3. The van der Waals surface area contributed by atoms with Crippen LogP contribution in [-0.2, 0) is 4.74 Å². The molecule has 0 saturated heterocycles. The van der Waals surface area contributed by atoms with E-state index in [2.05, 4.69) is 9.68 Å². The van der Waals surface area contributed by atoms with Crippen LogP contribution in [0, 0.1) is 0 Å². The number of ether oxygens (including phenoxy) is 1. The Morgan fingerprint density at radius 3 is 2.75 bits per heavy atom. The molecule has 0 aliphatic heterocycles. The zero-order chi connectivity index (χ0) is 14.7. The summed E-state index contributed by atoms with van der Waals surface area (Å²) in [5.74, 6) is -1.74. The van der Waals surface area contributed by atoms with Gasteiger partial charge in [0.25, 0.3) is 6.43 Å². The summed E-state index contributed by atoms with van der Waals surface area (Å²) >= 11 is 5.98. The van der Waals surface area contributed by atoms with E-state index in [9.17, 15) is 13.6 Å². The Bertz CT molecular complexity index is 628. The predicted octanol–water partition coefficient (Wildman–Crippen LogP) is 4.11. The second-order valence-corrected chi connectivity index (χ2v) is 4.18. The number of aromatic nitrogens is 1. The van der Waals surface area contributed by atoms with Crippen molar-refractivity contribution in [1.82, 2.24) is 5.16 Å². The summed E-state index contributed by atoms with van der Waals surface area (Å²) in [5.41, 5.74) is -0.118. The minimum Gasteiger partial charge on any atom is -0.462 e. The van der Waals surface area contributed by atoms with E-state index in [0.717, 1.165) is 0 Å². The zero-order valence-electron chi connectivity index (χ0n) is 10.4. The van der Waals surface area contributed by atoms with Gasteiger partial charge in [-0.05, 0) is 13.0 Å². The van der Waals surface area contributed by atoms with Gasteiger partial charge in [-0.1, -0.05) is 35.0 Å². The van der Waals surface area contributed by atoms with Crippen molar-refractivity contribution in [2.45, 2.75) is 13.3 Å². The average molecular weight is 302 g/mol. The summed E-state index contributed by atoms with van der Waals surface area (Å²) < 4.78 is 35.1. The Labute approximate surface area is 118 Å². The van der Waals surface area contributed by atoms with E-state index >= 15 is 0 Å². The fourth-order valence-corrected chi connectivity index (χ4v) is 1.91. The Morgan fingerprint density at radius 1 is 1.45 bits per heavy atom. The van der Waals surface area contributed by atoms with Gasteiger partial charge in [0.1, 0.15) is 11.3 Å². The Balaban J connectivity index is 2.60. The van der Waals surface area contributed by atoms with Crippen LogP contribution in [0.1, 0.15) is 29.5 Å². The van der Waals surface area contributed by atoms with Crippen LogP contribution in [-0.4, -0.2) is 17.7 Å². The molecule has 0 radical (unpaired) electrons. The number of hydrogen-bond donors (Lipinski definition) is 0. The lowest BCUT2D eigenvalue weighted by atomic mass is 10.1. The smallest absolute Gasteiger partial charge is 0.344 e. The van der Waals surface area contributed by atoms with Crippen LogP contribution in [0.25, 0.3) is 11.3 Å². The average Bonchev–Trinajstić information content (AvgIpc) is 2.84. The van der Waals surface area contributed by atoms with Crippen molar-refractivity contribution in [2.75, 3.05) is 6.61 Å². The first kappa shape index (κ1) is 14.5. The summed E-state index contributed by atoms with van der Waals surface area (Å²) in [6.07, 6.45) is -2.97. The number of halogens is 3. The van der Waals surface area contributed by atoms with E-state index in [1.54, 1.807) is 31.2 Å². The monoisotopic (exact) mass is 301 g/mol. The Kier molecular flexibility index (Phi) is 4.34. The highest BCUT2D eigenvalue weighted by molar-refractivity contribution is 6.33. The van der Waals surface area contributed by atoms with Crippen molar-refractivity contribution in [3.63, 3.8) is 0 Å². The van der Waals surface area contributed by atoms with Crippen LogP contribution in [0.5, 0.6) is 0 Å². The second kappa shape index (κ2) is 6.00. The molecule has 1 heterocycles. The molecule has 20 heavy (non-hydrogen) atoms. The van der Waals surface area contributed by atoms with Crippen LogP contribution in [0.2, 0.25) is 5.02 Å². The standard InChI is InChI=1S/C13H10ClF2NO3/c1-2-19-13(18)9-10(17-20-11(9)12(15)16)7-5-3-4-6-8(7)14/h3-6,12H,2H2,1H3. The fourth-order valence-electron chi connectivity index (χ4n) is 1.69. The van der Waals surface area contributed by atoms with Gasteiger partial charge < -0.3 is 9.26 Å². The molecule has 0 unspecified atom stereocenters. The van der Waals surface area contributed by atoms with Gasteiger partial charge in [-0.3, -0.25) is 0 Å². The number of carbonyl (C=O) groups is 1. The lowest BCUT2D eigenvalue weighted by molar-refractivity contribution is 0.0506. The maximum absolute atomic E-state index is 12.9. The summed E-state index contributed by atoms with van der Waals surface area (Å²) in [4.78, 5) is 11.8. The lowest BCUT2D eigenvalue weighted by Gasteiger charge is -2.04. The van der Waals surface area contributed by atoms with Crippen molar-refractivity contribution in [3.8, 4) is 11.3 Å². The lowest BCUT2D eigenvalue weighted by Crippen LogP contribution is -2.08. The highest BCUT2D eigenvalue weighted by Gasteiger charge is 2.31. The number of benzene rings is 1. The molecule has 0 amide bonds. The highest BCUT2D eigenvalue weighted by atomic mass is 35.5. The van der Waals surface area contributed by atoms with E-state index in [0.29, 0.717) is 5.56 Å². The maximum Gasteiger partial charge on any atom is 0.344 e. The maximum atomic E-state index is 12.9. The number of carbonyl (C=O) groups excluding carboxylic acids is 1. The molecule has 1 aromatic carbocycles. The number of hydrogen-bond acceptors (Lipinski definition) is 4. The van der Waals surface area contributed by atoms with E-state index < -0.39 is 23.7 Å². The van der Waals surface area contributed by atoms with Crippen LogP contribution in [0.15, 0.2) is 28.8 Å². The van der Waals surface area contributed by atoms with Crippen molar-refractivity contribution < 1.29 is 22.8 Å². The Hall–Kier alpha value is -1.95. The van der Waals surface area contributed by atoms with E-state index in [1.807, 2.05) is 0 Å². The number of esters is 1. The first-order chi connectivity index (χ1) is 9.56. The second-order valence-electron chi connectivity index (χ2n) is 3.77. The molecule has 2 rings (SSSR count). The van der Waals surface area contributed by atoms with E-state index in [-0.39, 0.29) is 17.3 Å². The minimum atomic E-state index is -2.97. The summed E-state index contributed by atoms with van der Waals surface area (Å²) in [7, 11) is 0. The summed E-state index contributed by atoms with van der Waals surface area (Å²) in [6, 6.07) is 6.43. The SMILES string of the molecule is CCOC(=O)c1c(-c2ccccc2Cl)noc1C(F)F. The molecule has 4 nitrogen and oxygen atoms in total. The molecule has 0 N–H and O–H groups in total. The van der Waals surface area contributed by atoms with Gasteiger partial charge in [-0.15, -0.1) is 0 Å². The van der Waals surface area contributed by atoms with Crippen molar-refractivity contribution in [1.29, 1.82) is 0 Å². The number of rotatable bonds is 4. The third kappa shape index (κ3) is 2.65.